The molecule has 1 aromatic carbocycles. The van der Waals surface area contributed by atoms with Gasteiger partial charge in [0.05, 0.1) is 0 Å². The van der Waals surface area contributed by atoms with Gasteiger partial charge in [-0.25, -0.2) is 0 Å². The highest BCUT2D eigenvalue weighted by Crippen LogP contribution is 2.36. The molecule has 1 aliphatic heterocycles. The number of rotatable bonds is 1. The highest BCUT2D eigenvalue weighted by Gasteiger charge is 2.43. The normalized spacial score (nSPS) is 28.5. The van der Waals surface area contributed by atoms with E-state index in [1.54, 1.807) is 12.1 Å². The molecule has 1 heterocycles. The molecule has 2 N–H and O–H groups in total. The van der Waals surface area contributed by atoms with E-state index in [1.165, 1.54) is 0 Å². The first-order valence-corrected chi connectivity index (χ1v) is 3.46. The Morgan fingerprint density at radius 3 is 2.64 bits per heavy atom. The molecule has 1 atom stereocenters. The maximum absolute atomic E-state index is 9.37. The van der Waals surface area contributed by atoms with Crippen LogP contribution in [0.3, 0.4) is 0 Å². The largest absolute Gasteiger partial charge is 0.508 e. The van der Waals surface area contributed by atoms with Crippen LogP contribution >= 0.6 is 0 Å². The van der Waals surface area contributed by atoms with Crippen LogP contribution in [0.5, 0.6) is 5.75 Å². The molecule has 2 rings (SSSR count). The van der Waals surface area contributed by atoms with E-state index in [9.17, 15) is 5.11 Å². The molecule has 0 spiro atoms. The quantitative estimate of drug-likeness (QED) is 0.591. The molecule has 1 fully saturated rings. The molecule has 0 amide bonds. The second kappa shape index (κ2) is 1.96. The highest BCUT2D eigenvalue weighted by molar-refractivity contribution is 5.37. The number of benzene rings is 1. The van der Waals surface area contributed by atoms with Gasteiger partial charge in [-0.1, -0.05) is 18.2 Å². The van der Waals surface area contributed by atoms with Gasteiger partial charge in [0.25, 0.3) is 0 Å². The summed E-state index contributed by atoms with van der Waals surface area (Å²) in [4.78, 5) is 4.95. The van der Waals surface area contributed by atoms with Crippen LogP contribution in [0.15, 0.2) is 24.3 Å². The number of aromatic hydroxyl groups is 1. The van der Waals surface area contributed by atoms with E-state index in [1.807, 2.05) is 19.1 Å². The zero-order valence-corrected chi connectivity index (χ0v) is 6.16. The molecule has 1 aromatic rings. The molecule has 0 radical (unpaired) electrons. The van der Waals surface area contributed by atoms with Crippen LogP contribution in [0.2, 0.25) is 0 Å². The second-order valence-corrected chi connectivity index (χ2v) is 2.75. The molecule has 11 heavy (non-hydrogen) atoms. The van der Waals surface area contributed by atoms with Crippen molar-refractivity contribution in [2.75, 3.05) is 0 Å². The minimum Gasteiger partial charge on any atom is -0.508 e. The monoisotopic (exact) mass is 151 g/mol. The minimum absolute atomic E-state index is 0.264. The van der Waals surface area contributed by atoms with E-state index in [2.05, 4.69) is 5.48 Å². The van der Waals surface area contributed by atoms with Gasteiger partial charge in [-0.15, -0.1) is 0 Å². The summed E-state index contributed by atoms with van der Waals surface area (Å²) in [6.45, 7) is 1.86. The maximum atomic E-state index is 9.37. The fraction of sp³-hybridized carbons (Fsp3) is 0.250. The lowest BCUT2D eigenvalue weighted by molar-refractivity contribution is 0.305. The minimum atomic E-state index is -0.467. The van der Waals surface area contributed by atoms with Crippen LogP contribution in [-0.4, -0.2) is 5.11 Å². The van der Waals surface area contributed by atoms with Crippen LogP contribution in [0.25, 0.3) is 0 Å². The third-order valence-corrected chi connectivity index (χ3v) is 1.83. The summed E-state index contributed by atoms with van der Waals surface area (Å²) in [5.74, 6) is 0.264. The van der Waals surface area contributed by atoms with Crippen molar-refractivity contribution >= 4 is 0 Å². The molecular formula is C8H9NO2. The van der Waals surface area contributed by atoms with Crippen molar-refractivity contribution in [3.8, 4) is 5.75 Å². The van der Waals surface area contributed by atoms with Gasteiger partial charge in [-0.05, 0) is 13.0 Å². The fourth-order valence-electron chi connectivity index (χ4n) is 1.06. The van der Waals surface area contributed by atoms with Crippen molar-refractivity contribution in [3.05, 3.63) is 29.8 Å². The number of hydrogen-bond acceptors (Lipinski definition) is 3. The third-order valence-electron chi connectivity index (χ3n) is 1.83. The fourth-order valence-corrected chi connectivity index (χ4v) is 1.06. The summed E-state index contributed by atoms with van der Waals surface area (Å²) in [7, 11) is 0. The predicted molar refractivity (Wildman–Crippen MR) is 39.7 cm³/mol. The summed E-state index contributed by atoms with van der Waals surface area (Å²) in [5, 5.41) is 9.37. The molecule has 3 heteroatoms. The van der Waals surface area contributed by atoms with Gasteiger partial charge in [0, 0.05) is 5.56 Å². The topological polar surface area (TPSA) is 54.7 Å². The van der Waals surface area contributed by atoms with Crippen LogP contribution in [0.4, 0.5) is 0 Å². The summed E-state index contributed by atoms with van der Waals surface area (Å²) in [6, 6.07) is 7.12. The first-order valence-electron chi connectivity index (χ1n) is 3.46. The van der Waals surface area contributed by atoms with Crippen LogP contribution < -0.4 is 5.48 Å². The molecular weight excluding hydrogens is 142 g/mol. The van der Waals surface area contributed by atoms with Crippen molar-refractivity contribution in [3.63, 3.8) is 0 Å². The summed E-state index contributed by atoms with van der Waals surface area (Å²) in [5.41, 5.74) is 3.02. The van der Waals surface area contributed by atoms with Gasteiger partial charge >= 0.3 is 0 Å². The van der Waals surface area contributed by atoms with Gasteiger partial charge in [-0.3, -0.25) is 4.84 Å². The molecule has 1 aliphatic rings. The Hall–Kier alpha value is -1.06. The van der Waals surface area contributed by atoms with Gasteiger partial charge in [0.2, 0.25) is 0 Å². The van der Waals surface area contributed by atoms with E-state index in [0.717, 1.165) is 5.56 Å². The second-order valence-electron chi connectivity index (χ2n) is 2.75. The maximum Gasteiger partial charge on any atom is 0.187 e. The average Bonchev–Trinajstić information content (AvgIpc) is 2.70. The standard InChI is InChI=1S/C8H9NO2/c1-8(9-11-8)6-4-2-3-5-7(6)10/h2-5,9-10H,1H3. The molecule has 0 bridgehead atoms. The number of para-hydroxylation sites is 1. The molecule has 0 aliphatic carbocycles. The molecule has 58 valence electrons. The van der Waals surface area contributed by atoms with Gasteiger partial charge in [0.15, 0.2) is 5.72 Å². The van der Waals surface area contributed by atoms with E-state index in [-0.39, 0.29) is 5.75 Å². The van der Waals surface area contributed by atoms with Crippen LogP contribution in [-0.2, 0) is 10.6 Å². The van der Waals surface area contributed by atoms with Gasteiger partial charge < -0.3 is 5.11 Å². The SMILES string of the molecule is CC1(c2ccccc2O)NO1. The Kier molecular flexibility index (Phi) is 1.19. The Morgan fingerprint density at radius 2 is 2.09 bits per heavy atom. The van der Waals surface area contributed by atoms with Crippen molar-refractivity contribution in [1.82, 2.24) is 5.48 Å². The third kappa shape index (κ3) is 0.982. The molecule has 0 saturated carbocycles. The predicted octanol–water partition coefficient (Wildman–Crippen LogP) is 1.10. The van der Waals surface area contributed by atoms with E-state index in [0.29, 0.717) is 0 Å². The Morgan fingerprint density at radius 1 is 1.45 bits per heavy atom. The molecule has 0 aromatic heterocycles. The van der Waals surface area contributed by atoms with Crippen LogP contribution in [0.1, 0.15) is 12.5 Å². The number of hydrogen-bond donors (Lipinski definition) is 2. The number of phenolic OH excluding ortho intramolecular Hbond substituents is 1. The Balaban J connectivity index is 2.45. The molecule has 1 unspecified atom stereocenters. The number of hydroxylamine groups is 1. The first-order chi connectivity index (χ1) is 5.22. The van der Waals surface area contributed by atoms with E-state index >= 15 is 0 Å². The average molecular weight is 151 g/mol. The molecule has 3 nitrogen and oxygen atoms in total. The van der Waals surface area contributed by atoms with Crippen molar-refractivity contribution in [2.24, 2.45) is 0 Å². The molecule has 1 saturated heterocycles. The summed E-state index contributed by atoms with van der Waals surface area (Å²) >= 11 is 0. The first kappa shape index (κ1) is 6.64. The lowest BCUT2D eigenvalue weighted by atomic mass is 10.1. The zero-order valence-electron chi connectivity index (χ0n) is 6.16. The zero-order chi connectivity index (χ0) is 7.90. The lowest BCUT2D eigenvalue weighted by Crippen LogP contribution is -2.05. The van der Waals surface area contributed by atoms with Gasteiger partial charge in [0.1, 0.15) is 5.75 Å². The van der Waals surface area contributed by atoms with Crippen molar-refractivity contribution in [1.29, 1.82) is 0 Å². The van der Waals surface area contributed by atoms with E-state index in [4.69, 9.17) is 4.84 Å². The van der Waals surface area contributed by atoms with E-state index < -0.39 is 5.72 Å². The summed E-state index contributed by atoms with van der Waals surface area (Å²) in [6.07, 6.45) is 0. The smallest absolute Gasteiger partial charge is 0.187 e. The van der Waals surface area contributed by atoms with Gasteiger partial charge in [-0.2, -0.15) is 5.48 Å². The highest BCUT2D eigenvalue weighted by atomic mass is 16.8. The number of phenols is 1. The Labute approximate surface area is 64.6 Å². The Bertz CT molecular complexity index is 281. The lowest BCUT2D eigenvalue weighted by Gasteiger charge is -2.04. The summed E-state index contributed by atoms with van der Waals surface area (Å²) < 4.78 is 0. The number of nitrogens with one attached hydrogen (secondary N) is 1. The van der Waals surface area contributed by atoms with Crippen molar-refractivity contribution in [2.45, 2.75) is 12.6 Å². The van der Waals surface area contributed by atoms with Crippen LogP contribution in [0, 0.1) is 0 Å². The van der Waals surface area contributed by atoms with Crippen molar-refractivity contribution < 1.29 is 9.94 Å².